The molecule has 0 unspecified atom stereocenters. The Kier molecular flexibility index (Phi) is 2.74. The van der Waals surface area contributed by atoms with Crippen molar-refractivity contribution in [2.75, 3.05) is 5.73 Å². The number of aryl methyl sites for hydroxylation is 1. The lowest BCUT2D eigenvalue weighted by molar-refractivity contribution is -0.384. The zero-order chi connectivity index (χ0) is 12.4. The van der Waals surface area contributed by atoms with E-state index in [4.69, 9.17) is 5.73 Å². The first-order chi connectivity index (χ1) is 8.08. The fourth-order valence-electron chi connectivity index (χ4n) is 1.60. The third kappa shape index (κ3) is 2.23. The average molecular weight is 229 g/mol. The molecule has 0 saturated heterocycles. The van der Waals surface area contributed by atoms with Crippen molar-refractivity contribution in [3.05, 3.63) is 52.2 Å². The van der Waals surface area contributed by atoms with Crippen LogP contribution in [0.4, 0.5) is 11.4 Å². The second kappa shape index (κ2) is 4.21. The van der Waals surface area contributed by atoms with Gasteiger partial charge in [0.1, 0.15) is 0 Å². The number of anilines is 1. The maximum absolute atomic E-state index is 10.7. The van der Waals surface area contributed by atoms with Crippen molar-refractivity contribution in [2.45, 2.75) is 6.92 Å². The summed E-state index contributed by atoms with van der Waals surface area (Å²) in [6.07, 6.45) is 1.69. The van der Waals surface area contributed by atoms with Crippen LogP contribution in [0.25, 0.3) is 11.3 Å². The number of hydrogen-bond acceptors (Lipinski definition) is 4. The molecule has 2 N–H and O–H groups in total. The van der Waals surface area contributed by atoms with Crippen LogP contribution in [-0.4, -0.2) is 9.91 Å². The Hall–Kier alpha value is -2.43. The number of pyridine rings is 1. The molecule has 0 atom stereocenters. The van der Waals surface area contributed by atoms with Crippen molar-refractivity contribution in [1.82, 2.24) is 4.98 Å². The molecular formula is C12H11N3O2. The molecule has 1 aromatic heterocycles. The number of aromatic nitrogens is 1. The lowest BCUT2D eigenvalue weighted by atomic mass is 10.1. The number of rotatable bonds is 2. The molecule has 0 amide bonds. The minimum Gasteiger partial charge on any atom is -0.397 e. The molecule has 5 nitrogen and oxygen atoms in total. The van der Waals surface area contributed by atoms with Crippen LogP contribution in [0.3, 0.4) is 0 Å². The lowest BCUT2D eigenvalue weighted by Crippen LogP contribution is -1.95. The zero-order valence-corrected chi connectivity index (χ0v) is 9.25. The van der Waals surface area contributed by atoms with E-state index in [1.54, 1.807) is 24.4 Å². The Balaban J connectivity index is 2.53. The van der Waals surface area contributed by atoms with Crippen molar-refractivity contribution >= 4 is 11.4 Å². The zero-order valence-electron chi connectivity index (χ0n) is 9.25. The van der Waals surface area contributed by atoms with Gasteiger partial charge in [-0.25, -0.2) is 0 Å². The van der Waals surface area contributed by atoms with E-state index in [2.05, 4.69) is 4.98 Å². The van der Waals surface area contributed by atoms with Crippen LogP contribution in [0.15, 0.2) is 36.5 Å². The highest BCUT2D eigenvalue weighted by molar-refractivity contribution is 5.74. The molecular weight excluding hydrogens is 218 g/mol. The largest absolute Gasteiger partial charge is 0.397 e. The first-order valence-electron chi connectivity index (χ1n) is 5.05. The van der Waals surface area contributed by atoms with Gasteiger partial charge in [-0.15, -0.1) is 0 Å². The van der Waals surface area contributed by atoms with Gasteiger partial charge < -0.3 is 5.73 Å². The Labute approximate surface area is 98.1 Å². The summed E-state index contributed by atoms with van der Waals surface area (Å²) in [5, 5.41) is 10.7. The highest BCUT2D eigenvalue weighted by Gasteiger charge is 2.10. The Morgan fingerprint density at radius 3 is 2.76 bits per heavy atom. The molecule has 0 aliphatic heterocycles. The minimum absolute atomic E-state index is 0.0317. The molecule has 1 aromatic carbocycles. The summed E-state index contributed by atoms with van der Waals surface area (Å²) in [7, 11) is 0. The van der Waals surface area contributed by atoms with E-state index in [1.807, 2.05) is 6.92 Å². The number of non-ortho nitro benzene ring substituents is 1. The molecule has 86 valence electrons. The molecule has 0 spiro atoms. The molecule has 0 aliphatic rings. The molecule has 2 rings (SSSR count). The SMILES string of the molecule is Cc1cnc(-c2cccc([N+](=O)[O-])c2)c(N)c1. The van der Waals surface area contributed by atoms with Gasteiger partial charge in [0.15, 0.2) is 0 Å². The first kappa shape index (κ1) is 11.1. The molecule has 0 saturated carbocycles. The van der Waals surface area contributed by atoms with E-state index in [0.29, 0.717) is 16.9 Å². The smallest absolute Gasteiger partial charge is 0.270 e. The predicted molar refractivity (Wildman–Crippen MR) is 65.5 cm³/mol. The second-order valence-corrected chi connectivity index (χ2v) is 3.76. The summed E-state index contributed by atoms with van der Waals surface area (Å²) in [4.78, 5) is 14.4. The van der Waals surface area contributed by atoms with E-state index < -0.39 is 4.92 Å². The van der Waals surface area contributed by atoms with Crippen LogP contribution < -0.4 is 5.73 Å². The second-order valence-electron chi connectivity index (χ2n) is 3.76. The Morgan fingerprint density at radius 2 is 2.12 bits per heavy atom. The fraction of sp³-hybridized carbons (Fsp3) is 0.0833. The van der Waals surface area contributed by atoms with Crippen LogP contribution in [0.2, 0.25) is 0 Å². The predicted octanol–water partition coefficient (Wildman–Crippen LogP) is 2.55. The number of nitrogens with zero attached hydrogens (tertiary/aromatic N) is 2. The standard InChI is InChI=1S/C12H11N3O2/c1-8-5-11(13)12(14-7-8)9-3-2-4-10(6-9)15(16)17/h2-7H,13H2,1H3. The number of nitro benzene ring substituents is 1. The van der Waals surface area contributed by atoms with E-state index in [1.165, 1.54) is 12.1 Å². The van der Waals surface area contributed by atoms with E-state index in [9.17, 15) is 10.1 Å². The van der Waals surface area contributed by atoms with Gasteiger partial charge in [-0.3, -0.25) is 15.1 Å². The molecule has 5 heteroatoms. The maximum Gasteiger partial charge on any atom is 0.270 e. The molecule has 0 radical (unpaired) electrons. The van der Waals surface area contributed by atoms with Crippen LogP contribution in [0, 0.1) is 17.0 Å². The topological polar surface area (TPSA) is 82.0 Å². The van der Waals surface area contributed by atoms with Gasteiger partial charge in [0, 0.05) is 23.9 Å². The minimum atomic E-state index is -0.437. The normalized spacial score (nSPS) is 10.2. The number of nitro groups is 1. The van der Waals surface area contributed by atoms with Crippen LogP contribution in [0.1, 0.15) is 5.56 Å². The van der Waals surface area contributed by atoms with Crippen molar-refractivity contribution in [3.63, 3.8) is 0 Å². The summed E-state index contributed by atoms with van der Waals surface area (Å²) in [5.41, 5.74) is 8.57. The summed E-state index contributed by atoms with van der Waals surface area (Å²) in [5.74, 6) is 0. The van der Waals surface area contributed by atoms with Crippen molar-refractivity contribution in [3.8, 4) is 11.3 Å². The molecule has 0 aliphatic carbocycles. The van der Waals surface area contributed by atoms with Crippen LogP contribution >= 0.6 is 0 Å². The molecule has 17 heavy (non-hydrogen) atoms. The average Bonchev–Trinajstić information content (AvgIpc) is 2.29. The van der Waals surface area contributed by atoms with E-state index >= 15 is 0 Å². The van der Waals surface area contributed by atoms with Crippen molar-refractivity contribution in [1.29, 1.82) is 0 Å². The molecule has 0 bridgehead atoms. The van der Waals surface area contributed by atoms with Crippen molar-refractivity contribution < 1.29 is 4.92 Å². The quantitative estimate of drug-likeness (QED) is 0.633. The fourth-order valence-corrected chi connectivity index (χ4v) is 1.60. The highest BCUT2D eigenvalue weighted by Crippen LogP contribution is 2.26. The highest BCUT2D eigenvalue weighted by atomic mass is 16.6. The van der Waals surface area contributed by atoms with Crippen LogP contribution in [0.5, 0.6) is 0 Å². The van der Waals surface area contributed by atoms with Gasteiger partial charge in [0.05, 0.1) is 16.3 Å². The third-order valence-electron chi connectivity index (χ3n) is 2.38. The maximum atomic E-state index is 10.7. The van der Waals surface area contributed by atoms with Gasteiger partial charge in [-0.2, -0.15) is 0 Å². The summed E-state index contributed by atoms with van der Waals surface area (Å²) in [6, 6.07) is 8.07. The first-order valence-corrected chi connectivity index (χ1v) is 5.05. The molecule has 2 aromatic rings. The van der Waals surface area contributed by atoms with E-state index in [0.717, 1.165) is 5.56 Å². The lowest BCUT2D eigenvalue weighted by Gasteiger charge is -2.05. The number of benzene rings is 1. The van der Waals surface area contributed by atoms with Crippen LogP contribution in [-0.2, 0) is 0 Å². The van der Waals surface area contributed by atoms with Gasteiger partial charge in [0.2, 0.25) is 0 Å². The van der Waals surface area contributed by atoms with Crippen molar-refractivity contribution in [2.24, 2.45) is 0 Å². The van der Waals surface area contributed by atoms with Gasteiger partial charge in [-0.05, 0) is 18.6 Å². The Morgan fingerprint density at radius 1 is 1.35 bits per heavy atom. The van der Waals surface area contributed by atoms with Gasteiger partial charge in [0.25, 0.3) is 5.69 Å². The summed E-state index contributed by atoms with van der Waals surface area (Å²) < 4.78 is 0. The Bertz CT molecular complexity index is 582. The molecule has 1 heterocycles. The van der Waals surface area contributed by atoms with E-state index in [-0.39, 0.29) is 5.69 Å². The third-order valence-corrected chi connectivity index (χ3v) is 2.38. The number of nitrogens with two attached hydrogens (primary N) is 1. The summed E-state index contributed by atoms with van der Waals surface area (Å²) in [6.45, 7) is 1.89. The number of hydrogen-bond donors (Lipinski definition) is 1. The van der Waals surface area contributed by atoms with Gasteiger partial charge >= 0.3 is 0 Å². The summed E-state index contributed by atoms with van der Waals surface area (Å²) >= 11 is 0. The number of nitrogen functional groups attached to an aromatic ring is 1. The molecule has 0 fully saturated rings. The monoisotopic (exact) mass is 229 g/mol. The van der Waals surface area contributed by atoms with Gasteiger partial charge in [-0.1, -0.05) is 12.1 Å².